The first-order valence-electron chi connectivity index (χ1n) is 7.63. The summed E-state index contributed by atoms with van der Waals surface area (Å²) < 4.78 is 23.2. The molecule has 1 aliphatic rings. The number of sulfone groups is 1. The minimum Gasteiger partial charge on any atom is -0.357 e. The lowest BCUT2D eigenvalue weighted by Crippen LogP contribution is -2.50. The summed E-state index contributed by atoms with van der Waals surface area (Å²) in [5.74, 6) is 0.234. The Morgan fingerprint density at radius 1 is 1.54 bits per heavy atom. The van der Waals surface area contributed by atoms with Gasteiger partial charge in [0.2, 0.25) is 5.91 Å². The number of aromatic nitrogens is 1. The van der Waals surface area contributed by atoms with Crippen LogP contribution in [0.5, 0.6) is 0 Å². The second-order valence-electron chi connectivity index (χ2n) is 6.10. The van der Waals surface area contributed by atoms with Crippen molar-refractivity contribution < 1.29 is 13.2 Å². The van der Waals surface area contributed by atoms with Crippen LogP contribution in [0.2, 0.25) is 0 Å². The molecule has 0 aliphatic carbocycles. The van der Waals surface area contributed by atoms with E-state index in [2.05, 4.69) is 15.6 Å². The third-order valence-corrected chi connectivity index (χ3v) is 6.88. The Labute approximate surface area is 151 Å². The highest BCUT2D eigenvalue weighted by atomic mass is 32.2. The van der Waals surface area contributed by atoms with Gasteiger partial charge in [-0.25, -0.2) is 13.4 Å². The van der Waals surface area contributed by atoms with E-state index in [0.717, 1.165) is 5.69 Å². The Hall–Kier alpha value is -1.26. The first kappa shape index (κ1) is 19.1. The zero-order valence-corrected chi connectivity index (χ0v) is 16.4. The summed E-state index contributed by atoms with van der Waals surface area (Å²) in [5, 5.41) is 9.08. The van der Waals surface area contributed by atoms with Crippen molar-refractivity contribution in [2.45, 2.75) is 39.3 Å². The average molecular weight is 391 g/mol. The number of thiazole rings is 1. The lowest BCUT2D eigenvalue weighted by atomic mass is 10.0. The van der Waals surface area contributed by atoms with Crippen molar-refractivity contribution in [2.24, 2.45) is 0 Å². The molecule has 1 aromatic rings. The lowest BCUT2D eigenvalue weighted by Gasteiger charge is -2.25. The molecule has 0 unspecified atom stereocenters. The van der Waals surface area contributed by atoms with Gasteiger partial charge < -0.3 is 10.6 Å². The molecule has 1 aliphatic heterocycles. The van der Waals surface area contributed by atoms with Crippen LogP contribution in [0.3, 0.4) is 0 Å². The minimum absolute atomic E-state index is 0.0427. The molecule has 24 heavy (non-hydrogen) atoms. The normalized spacial score (nSPS) is 22.1. The maximum Gasteiger partial charge on any atom is 0.225 e. The molecule has 1 aromatic heterocycles. The molecule has 0 bridgehead atoms. The Morgan fingerprint density at radius 3 is 2.79 bits per heavy atom. The van der Waals surface area contributed by atoms with E-state index in [1.807, 2.05) is 19.2 Å². The highest BCUT2D eigenvalue weighted by molar-refractivity contribution is 7.91. The monoisotopic (exact) mass is 390 g/mol. The maximum atomic E-state index is 11.6. The van der Waals surface area contributed by atoms with Crippen molar-refractivity contribution in [3.63, 3.8) is 0 Å². The molecule has 0 radical (unpaired) electrons. The van der Waals surface area contributed by atoms with E-state index < -0.39 is 15.4 Å². The summed E-state index contributed by atoms with van der Waals surface area (Å²) in [7, 11) is -2.98. The van der Waals surface area contributed by atoms with Gasteiger partial charge in [-0.3, -0.25) is 9.69 Å². The van der Waals surface area contributed by atoms with Gasteiger partial charge in [0.1, 0.15) is 0 Å². The third-order valence-electron chi connectivity index (χ3n) is 3.82. The van der Waals surface area contributed by atoms with Gasteiger partial charge in [0, 0.05) is 18.8 Å². The number of hydrogen-bond donors (Lipinski definition) is 2. The van der Waals surface area contributed by atoms with Gasteiger partial charge in [-0.05, 0) is 32.5 Å². The molecule has 1 saturated heterocycles. The van der Waals surface area contributed by atoms with Crippen LogP contribution in [0.25, 0.3) is 0 Å². The number of nitrogens with zero attached hydrogens (tertiary/aromatic N) is 2. The number of nitrogens with one attached hydrogen (secondary N) is 2. The van der Waals surface area contributed by atoms with Gasteiger partial charge in [0.25, 0.3) is 0 Å². The van der Waals surface area contributed by atoms with Crippen molar-refractivity contribution in [3.8, 4) is 0 Å². The van der Waals surface area contributed by atoms with Gasteiger partial charge in [0.05, 0.1) is 29.3 Å². The molecule has 2 rings (SSSR count). The van der Waals surface area contributed by atoms with E-state index in [1.165, 1.54) is 18.3 Å². The van der Waals surface area contributed by atoms with Crippen LogP contribution in [0.4, 0.5) is 5.13 Å². The molecule has 0 aromatic carbocycles. The summed E-state index contributed by atoms with van der Waals surface area (Å²) in [6.45, 7) is 6.26. The number of amides is 1. The fourth-order valence-electron chi connectivity index (χ4n) is 2.59. The summed E-state index contributed by atoms with van der Waals surface area (Å²) in [6, 6.07) is 0. The summed E-state index contributed by atoms with van der Waals surface area (Å²) in [6.07, 6.45) is 0.544. The minimum atomic E-state index is -2.98. The van der Waals surface area contributed by atoms with Crippen LogP contribution >= 0.6 is 23.6 Å². The van der Waals surface area contributed by atoms with Gasteiger partial charge in [-0.2, -0.15) is 0 Å². The predicted octanol–water partition coefficient (Wildman–Crippen LogP) is 1.06. The van der Waals surface area contributed by atoms with Crippen LogP contribution in [0, 0.1) is 0 Å². The number of carbonyl (C=O) groups is 1. The molecule has 2 N–H and O–H groups in total. The topological polar surface area (TPSA) is 91.4 Å². The second-order valence-corrected chi connectivity index (χ2v) is 9.52. The van der Waals surface area contributed by atoms with Crippen LogP contribution in [-0.2, 0) is 21.2 Å². The molecule has 1 atom stereocenters. The fraction of sp³-hybridized carbons (Fsp3) is 0.643. The first-order chi connectivity index (χ1) is 11.1. The number of rotatable bonds is 5. The van der Waals surface area contributed by atoms with E-state index >= 15 is 0 Å². The van der Waals surface area contributed by atoms with Crippen LogP contribution in [0.15, 0.2) is 5.38 Å². The molecule has 0 saturated carbocycles. The highest BCUT2D eigenvalue weighted by Gasteiger charge is 2.38. The van der Waals surface area contributed by atoms with Crippen molar-refractivity contribution in [3.05, 3.63) is 11.1 Å². The number of carbonyl (C=O) groups excluding carboxylic acids is 1. The molecule has 2 heterocycles. The summed E-state index contributed by atoms with van der Waals surface area (Å²) in [5.41, 5.74) is 0.257. The SMILES string of the molecule is CCN(C(C)=O)c1nc(CNC(=S)N[C@]2(C)CCS(=O)(=O)C2)cs1. The van der Waals surface area contributed by atoms with Crippen molar-refractivity contribution in [2.75, 3.05) is 23.0 Å². The number of anilines is 1. The lowest BCUT2D eigenvalue weighted by molar-refractivity contribution is -0.116. The van der Waals surface area contributed by atoms with Gasteiger partial charge in [-0.15, -0.1) is 11.3 Å². The summed E-state index contributed by atoms with van der Waals surface area (Å²) in [4.78, 5) is 17.6. The van der Waals surface area contributed by atoms with Crippen LogP contribution in [-0.4, -0.2) is 48.0 Å². The predicted molar refractivity (Wildman–Crippen MR) is 100 cm³/mol. The smallest absolute Gasteiger partial charge is 0.225 e. The molecule has 7 nitrogen and oxygen atoms in total. The molecular formula is C14H22N4O3S3. The molecule has 134 valence electrons. The van der Waals surface area contributed by atoms with E-state index in [-0.39, 0.29) is 17.4 Å². The number of thiocarbonyl (C=S) groups is 1. The van der Waals surface area contributed by atoms with Crippen LogP contribution in [0.1, 0.15) is 32.9 Å². The Kier molecular flexibility index (Phi) is 5.82. The van der Waals surface area contributed by atoms with E-state index in [9.17, 15) is 13.2 Å². The number of hydrogen-bond acceptors (Lipinski definition) is 6. The van der Waals surface area contributed by atoms with Crippen molar-refractivity contribution >= 4 is 49.5 Å². The second kappa shape index (κ2) is 7.32. The zero-order valence-electron chi connectivity index (χ0n) is 14.0. The first-order valence-corrected chi connectivity index (χ1v) is 10.7. The molecule has 1 amide bonds. The quantitative estimate of drug-likeness (QED) is 0.726. The van der Waals surface area contributed by atoms with Crippen molar-refractivity contribution in [1.82, 2.24) is 15.6 Å². The maximum absolute atomic E-state index is 11.6. The molecule has 1 fully saturated rings. The van der Waals surface area contributed by atoms with Gasteiger partial charge in [-0.1, -0.05) is 0 Å². The zero-order chi connectivity index (χ0) is 18.0. The standard InChI is InChI=1S/C14H22N4O3S3/c1-4-18(10(2)19)13-16-11(8-23-13)7-15-12(22)17-14(3)5-6-24(20,21)9-14/h8H,4-7,9H2,1-3H3,(H2,15,17,22)/t14-/m1/s1. The van der Waals surface area contributed by atoms with Crippen molar-refractivity contribution in [1.29, 1.82) is 0 Å². The molecular weight excluding hydrogens is 368 g/mol. The summed E-state index contributed by atoms with van der Waals surface area (Å²) >= 11 is 6.66. The molecule has 0 spiro atoms. The van der Waals surface area contributed by atoms with E-state index in [1.54, 1.807) is 4.90 Å². The van der Waals surface area contributed by atoms with E-state index in [0.29, 0.717) is 29.8 Å². The Morgan fingerprint density at radius 2 is 2.25 bits per heavy atom. The fourth-order valence-corrected chi connectivity index (χ4v) is 5.94. The highest BCUT2D eigenvalue weighted by Crippen LogP contribution is 2.23. The van der Waals surface area contributed by atoms with Gasteiger partial charge in [0.15, 0.2) is 20.1 Å². The third kappa shape index (κ3) is 4.87. The largest absolute Gasteiger partial charge is 0.357 e. The van der Waals surface area contributed by atoms with Crippen LogP contribution < -0.4 is 15.5 Å². The average Bonchev–Trinajstić information content (AvgIpc) is 3.02. The van der Waals surface area contributed by atoms with E-state index in [4.69, 9.17) is 12.2 Å². The Balaban J connectivity index is 1.89. The Bertz CT molecular complexity index is 731. The van der Waals surface area contributed by atoms with Gasteiger partial charge >= 0.3 is 0 Å². The molecule has 10 heteroatoms.